The van der Waals surface area contributed by atoms with Crippen LogP contribution in [0.25, 0.3) is 0 Å². The number of benzene rings is 1. The molecule has 0 unspecified atom stereocenters. The number of piperidine rings is 1. The Kier molecular flexibility index (Phi) is 12.2. The Hall–Kier alpha value is -3.40. The summed E-state index contributed by atoms with van der Waals surface area (Å²) in [6.07, 6.45) is 4.29. The molecule has 226 valence electrons. The van der Waals surface area contributed by atoms with Crippen LogP contribution in [0.2, 0.25) is 0 Å². The highest BCUT2D eigenvalue weighted by Gasteiger charge is 2.20. The molecule has 1 aromatic carbocycles. The van der Waals surface area contributed by atoms with Crippen molar-refractivity contribution in [3.8, 4) is 5.75 Å². The van der Waals surface area contributed by atoms with E-state index in [-0.39, 0.29) is 24.7 Å². The number of hydrogen-bond acceptors (Lipinski definition) is 8. The van der Waals surface area contributed by atoms with Crippen LogP contribution in [0.15, 0.2) is 30.5 Å². The molecule has 10 nitrogen and oxygen atoms in total. The number of rotatable bonds is 13. The standard InChI is InChI=1S/C31H48N6O4/c1-22(2)25-9-8-23(3)20-27(25)40-21-24-11-18-37(19-12-24)17-7-13-33-29-34-14-10-26(36-29)28(38)32-15-16-35-30(39)41-31(4,5)6/h8-10,14,20,22,24H,7,11-13,15-19,21H2,1-6H3,(H,32,38)(H,35,39)(H,33,34,36). The highest BCUT2D eigenvalue weighted by molar-refractivity contribution is 5.92. The summed E-state index contributed by atoms with van der Waals surface area (Å²) in [5.41, 5.74) is 2.22. The fraction of sp³-hybridized carbons (Fsp3) is 0.613. The fourth-order valence-electron chi connectivity index (χ4n) is 4.65. The summed E-state index contributed by atoms with van der Waals surface area (Å²) in [5.74, 6) is 2.17. The van der Waals surface area contributed by atoms with Crippen molar-refractivity contribution < 1.29 is 19.1 Å². The first kappa shape index (κ1) is 32.1. The van der Waals surface area contributed by atoms with Crippen molar-refractivity contribution in [1.29, 1.82) is 0 Å². The highest BCUT2D eigenvalue weighted by atomic mass is 16.6. The molecule has 1 aromatic heterocycles. The van der Waals surface area contributed by atoms with Crippen LogP contribution < -0.4 is 20.7 Å². The molecule has 1 aliphatic heterocycles. The number of aromatic nitrogens is 2. The lowest BCUT2D eigenvalue weighted by molar-refractivity contribution is 0.0526. The van der Waals surface area contributed by atoms with Gasteiger partial charge in [0.15, 0.2) is 0 Å². The zero-order chi connectivity index (χ0) is 29.8. The topological polar surface area (TPSA) is 118 Å². The second-order valence-electron chi connectivity index (χ2n) is 12.0. The molecule has 3 rings (SSSR count). The second-order valence-corrected chi connectivity index (χ2v) is 12.0. The molecule has 1 saturated heterocycles. The van der Waals surface area contributed by atoms with Crippen LogP contribution in [-0.4, -0.2) is 78.3 Å². The number of anilines is 1. The van der Waals surface area contributed by atoms with E-state index < -0.39 is 11.7 Å². The third-order valence-corrected chi connectivity index (χ3v) is 6.87. The first-order valence-corrected chi connectivity index (χ1v) is 14.8. The van der Waals surface area contributed by atoms with Gasteiger partial charge in [0.25, 0.3) is 5.91 Å². The summed E-state index contributed by atoms with van der Waals surface area (Å²) in [5, 5.41) is 8.58. The Morgan fingerprint density at radius 3 is 2.51 bits per heavy atom. The van der Waals surface area contributed by atoms with Gasteiger partial charge in [-0.25, -0.2) is 14.8 Å². The number of amides is 2. The summed E-state index contributed by atoms with van der Waals surface area (Å²) in [6.45, 7) is 17.1. The molecule has 0 spiro atoms. The molecular formula is C31H48N6O4. The largest absolute Gasteiger partial charge is 0.493 e. The smallest absolute Gasteiger partial charge is 0.407 e. The maximum absolute atomic E-state index is 12.4. The van der Waals surface area contributed by atoms with E-state index in [1.807, 2.05) is 0 Å². The number of ether oxygens (including phenoxy) is 2. The Morgan fingerprint density at radius 1 is 1.07 bits per heavy atom. The summed E-state index contributed by atoms with van der Waals surface area (Å²) in [4.78, 5) is 35.2. The van der Waals surface area contributed by atoms with Gasteiger partial charge in [-0.2, -0.15) is 0 Å². The van der Waals surface area contributed by atoms with E-state index in [0.29, 0.717) is 17.8 Å². The van der Waals surface area contributed by atoms with Gasteiger partial charge in [0.05, 0.1) is 6.61 Å². The van der Waals surface area contributed by atoms with Crippen LogP contribution in [0.1, 0.15) is 81.4 Å². The number of alkyl carbamates (subject to hydrolysis) is 1. The van der Waals surface area contributed by atoms with E-state index in [1.54, 1.807) is 33.0 Å². The molecular weight excluding hydrogens is 520 g/mol. The third-order valence-electron chi connectivity index (χ3n) is 6.87. The first-order valence-electron chi connectivity index (χ1n) is 14.8. The average molecular weight is 569 g/mol. The van der Waals surface area contributed by atoms with Crippen LogP contribution in [-0.2, 0) is 4.74 Å². The maximum atomic E-state index is 12.4. The van der Waals surface area contributed by atoms with E-state index >= 15 is 0 Å². The minimum absolute atomic E-state index is 0.257. The van der Waals surface area contributed by atoms with Gasteiger partial charge >= 0.3 is 6.09 Å². The van der Waals surface area contributed by atoms with Crippen LogP contribution in [0.5, 0.6) is 5.75 Å². The van der Waals surface area contributed by atoms with Gasteiger partial charge in [-0.3, -0.25) is 4.79 Å². The van der Waals surface area contributed by atoms with Crippen molar-refractivity contribution in [2.24, 2.45) is 5.92 Å². The summed E-state index contributed by atoms with van der Waals surface area (Å²) in [6, 6.07) is 8.08. The number of carbonyl (C=O) groups excluding carboxylic acids is 2. The van der Waals surface area contributed by atoms with Crippen molar-refractivity contribution in [2.45, 2.75) is 72.3 Å². The van der Waals surface area contributed by atoms with Gasteiger partial charge in [0.1, 0.15) is 17.0 Å². The lowest BCUT2D eigenvalue weighted by Crippen LogP contribution is -2.38. The average Bonchev–Trinajstić information content (AvgIpc) is 2.92. The molecule has 0 aliphatic carbocycles. The molecule has 2 aromatic rings. The van der Waals surface area contributed by atoms with Crippen molar-refractivity contribution in [1.82, 2.24) is 25.5 Å². The van der Waals surface area contributed by atoms with E-state index in [2.05, 4.69) is 69.8 Å². The predicted molar refractivity (Wildman–Crippen MR) is 162 cm³/mol. The van der Waals surface area contributed by atoms with E-state index in [9.17, 15) is 9.59 Å². The van der Waals surface area contributed by atoms with Gasteiger partial charge in [0, 0.05) is 25.8 Å². The Morgan fingerprint density at radius 2 is 1.80 bits per heavy atom. The van der Waals surface area contributed by atoms with Crippen molar-refractivity contribution >= 4 is 17.9 Å². The molecule has 0 atom stereocenters. The maximum Gasteiger partial charge on any atom is 0.407 e. The summed E-state index contributed by atoms with van der Waals surface area (Å²) >= 11 is 0. The van der Waals surface area contributed by atoms with Crippen LogP contribution >= 0.6 is 0 Å². The molecule has 10 heteroatoms. The summed E-state index contributed by atoms with van der Waals surface area (Å²) < 4.78 is 11.5. The van der Waals surface area contributed by atoms with Crippen molar-refractivity contribution in [3.63, 3.8) is 0 Å². The van der Waals surface area contributed by atoms with Gasteiger partial charge in [-0.05, 0) is 102 Å². The lowest BCUT2D eigenvalue weighted by atomic mass is 9.97. The van der Waals surface area contributed by atoms with E-state index in [0.717, 1.165) is 57.8 Å². The van der Waals surface area contributed by atoms with Crippen LogP contribution in [0.3, 0.4) is 0 Å². The second kappa shape index (κ2) is 15.6. The molecule has 0 radical (unpaired) electrons. The molecule has 0 saturated carbocycles. The van der Waals surface area contributed by atoms with Crippen molar-refractivity contribution in [3.05, 3.63) is 47.3 Å². The predicted octanol–water partition coefficient (Wildman–Crippen LogP) is 4.76. The van der Waals surface area contributed by atoms with Gasteiger partial charge in [-0.1, -0.05) is 26.0 Å². The molecule has 41 heavy (non-hydrogen) atoms. The van der Waals surface area contributed by atoms with Crippen LogP contribution in [0.4, 0.5) is 10.7 Å². The number of likely N-dealkylation sites (tertiary alicyclic amines) is 1. The van der Waals surface area contributed by atoms with Crippen LogP contribution in [0, 0.1) is 12.8 Å². The quantitative estimate of drug-likeness (QED) is 0.296. The molecule has 2 heterocycles. The molecule has 1 aliphatic rings. The normalized spacial score (nSPS) is 14.5. The fourth-order valence-corrected chi connectivity index (χ4v) is 4.65. The highest BCUT2D eigenvalue weighted by Crippen LogP contribution is 2.29. The van der Waals surface area contributed by atoms with E-state index in [4.69, 9.17) is 9.47 Å². The van der Waals surface area contributed by atoms with Gasteiger partial charge in [-0.15, -0.1) is 0 Å². The lowest BCUT2D eigenvalue weighted by Gasteiger charge is -2.32. The van der Waals surface area contributed by atoms with Gasteiger partial charge in [0.2, 0.25) is 5.95 Å². The van der Waals surface area contributed by atoms with E-state index in [1.165, 1.54) is 11.1 Å². The monoisotopic (exact) mass is 568 g/mol. The minimum atomic E-state index is -0.565. The number of hydrogen-bond donors (Lipinski definition) is 3. The van der Waals surface area contributed by atoms with Crippen molar-refractivity contribution in [2.75, 3.05) is 51.2 Å². The van der Waals surface area contributed by atoms with Gasteiger partial charge < -0.3 is 30.3 Å². The zero-order valence-corrected chi connectivity index (χ0v) is 25.6. The Bertz CT molecular complexity index is 1130. The number of carbonyl (C=O) groups is 2. The SMILES string of the molecule is Cc1ccc(C(C)C)c(OCC2CCN(CCCNc3nccc(C(=O)NCCNC(=O)OC(C)(C)C)n3)CC2)c1. The number of nitrogens with one attached hydrogen (secondary N) is 3. The number of aryl methyl sites for hydroxylation is 1. The molecule has 1 fully saturated rings. The Labute approximate surface area is 245 Å². The Balaban J connectivity index is 1.30. The molecule has 2 amide bonds. The molecule has 3 N–H and O–H groups in total. The zero-order valence-electron chi connectivity index (χ0n) is 25.6. The first-order chi connectivity index (χ1) is 19.5. The molecule has 0 bridgehead atoms. The number of nitrogens with zero attached hydrogens (tertiary/aromatic N) is 3. The summed E-state index contributed by atoms with van der Waals surface area (Å²) in [7, 11) is 0. The minimum Gasteiger partial charge on any atom is -0.493 e. The third kappa shape index (κ3) is 11.5.